The molecule has 192 valence electrons. The highest BCUT2D eigenvalue weighted by molar-refractivity contribution is 6.02. The Morgan fingerprint density at radius 3 is 1.97 bits per heavy atom. The lowest BCUT2D eigenvalue weighted by atomic mass is 9.95. The highest BCUT2D eigenvalue weighted by atomic mass is 16.3. The maximum Gasteiger partial charge on any atom is 0.204 e. The first-order chi connectivity index (χ1) is 18.7. The van der Waals surface area contributed by atoms with Crippen LogP contribution in [0.25, 0.3) is 55.3 Å². The lowest BCUT2D eigenvalue weighted by molar-refractivity contribution is 0.451. The van der Waals surface area contributed by atoms with E-state index >= 15 is 0 Å². The molecule has 5 N–H and O–H groups in total. The van der Waals surface area contributed by atoms with Gasteiger partial charge in [-0.15, -0.1) is 0 Å². The number of hydrogen-bond acceptors (Lipinski definition) is 9. The van der Waals surface area contributed by atoms with E-state index in [0.717, 1.165) is 12.3 Å². The van der Waals surface area contributed by atoms with Gasteiger partial charge in [0.15, 0.2) is 11.0 Å². The quantitative estimate of drug-likeness (QED) is 0.204. The standard InChI is InChI=1S/C30H18O9/c31-16-4-1-14(2-5-16)20-13-39-30-26(23(34)11-24(35)27(30)29(20)37)19-9-15(3-8-22(19)33)21-12-38-25-10-17(32)6-7-18(25)28(21)36/h1-13,31-35H. The Morgan fingerprint density at radius 1 is 0.538 bits per heavy atom. The zero-order valence-electron chi connectivity index (χ0n) is 19.9. The van der Waals surface area contributed by atoms with E-state index in [1.165, 1.54) is 66.9 Å². The smallest absolute Gasteiger partial charge is 0.204 e. The van der Waals surface area contributed by atoms with Crippen molar-refractivity contribution >= 4 is 21.9 Å². The van der Waals surface area contributed by atoms with E-state index in [2.05, 4.69) is 0 Å². The first kappa shape index (κ1) is 23.7. The van der Waals surface area contributed by atoms with Crippen molar-refractivity contribution in [1.29, 1.82) is 0 Å². The minimum absolute atomic E-state index is 0.00735. The average molecular weight is 522 g/mol. The van der Waals surface area contributed by atoms with E-state index < -0.39 is 22.4 Å². The highest BCUT2D eigenvalue weighted by Crippen LogP contribution is 2.45. The minimum Gasteiger partial charge on any atom is -0.508 e. The molecule has 6 aromatic rings. The summed E-state index contributed by atoms with van der Waals surface area (Å²) in [5.41, 5.74) is -0.0290. The van der Waals surface area contributed by atoms with Crippen molar-refractivity contribution in [2.45, 2.75) is 0 Å². The van der Waals surface area contributed by atoms with Crippen LogP contribution in [-0.2, 0) is 0 Å². The number of aromatic hydroxyl groups is 5. The van der Waals surface area contributed by atoms with Crippen molar-refractivity contribution in [1.82, 2.24) is 0 Å². The van der Waals surface area contributed by atoms with Gasteiger partial charge in [0.1, 0.15) is 52.2 Å². The van der Waals surface area contributed by atoms with Crippen molar-refractivity contribution in [3.63, 3.8) is 0 Å². The number of phenols is 5. The van der Waals surface area contributed by atoms with Crippen molar-refractivity contribution in [2.24, 2.45) is 0 Å². The number of rotatable bonds is 3. The van der Waals surface area contributed by atoms with Crippen LogP contribution >= 0.6 is 0 Å². The summed E-state index contributed by atoms with van der Waals surface area (Å²) in [4.78, 5) is 26.6. The molecule has 39 heavy (non-hydrogen) atoms. The van der Waals surface area contributed by atoms with E-state index in [9.17, 15) is 35.1 Å². The normalized spacial score (nSPS) is 11.3. The van der Waals surface area contributed by atoms with Gasteiger partial charge in [-0.3, -0.25) is 9.59 Å². The molecule has 0 aliphatic heterocycles. The van der Waals surface area contributed by atoms with Gasteiger partial charge in [0, 0.05) is 17.7 Å². The van der Waals surface area contributed by atoms with Crippen LogP contribution in [0.4, 0.5) is 0 Å². The Morgan fingerprint density at radius 2 is 1.21 bits per heavy atom. The summed E-state index contributed by atoms with van der Waals surface area (Å²) in [5, 5.41) is 51.3. The molecule has 0 aliphatic carbocycles. The predicted octanol–water partition coefficient (Wildman–Crippen LogP) is 5.43. The molecular formula is C30H18O9. The number of fused-ring (bicyclic) bond motifs is 2. The maximum absolute atomic E-state index is 13.4. The molecular weight excluding hydrogens is 504 g/mol. The van der Waals surface area contributed by atoms with E-state index in [-0.39, 0.29) is 61.4 Å². The second-order valence-electron chi connectivity index (χ2n) is 8.91. The number of hydrogen-bond donors (Lipinski definition) is 5. The van der Waals surface area contributed by atoms with Crippen molar-refractivity contribution < 1.29 is 34.4 Å². The fourth-order valence-electron chi connectivity index (χ4n) is 4.60. The molecule has 4 aromatic carbocycles. The third-order valence-corrected chi connectivity index (χ3v) is 6.52. The van der Waals surface area contributed by atoms with Crippen LogP contribution in [0.3, 0.4) is 0 Å². The van der Waals surface area contributed by atoms with Gasteiger partial charge < -0.3 is 34.4 Å². The van der Waals surface area contributed by atoms with Crippen LogP contribution in [0.15, 0.2) is 97.7 Å². The molecule has 2 aromatic heterocycles. The Kier molecular flexibility index (Phi) is 5.28. The molecule has 2 heterocycles. The van der Waals surface area contributed by atoms with Crippen molar-refractivity contribution in [3.8, 4) is 62.1 Å². The Labute approximate surface area is 218 Å². The van der Waals surface area contributed by atoms with Gasteiger partial charge in [-0.05, 0) is 47.5 Å². The zero-order chi connectivity index (χ0) is 27.4. The SMILES string of the molecule is O=c1c(-c2ccc(O)c(-c3c(O)cc(O)c4c(=O)c(-c5ccc(O)cc5)coc34)c2)coc2cc(O)ccc12. The predicted molar refractivity (Wildman–Crippen MR) is 143 cm³/mol. The molecule has 9 nitrogen and oxygen atoms in total. The maximum atomic E-state index is 13.4. The summed E-state index contributed by atoms with van der Waals surface area (Å²) in [6.45, 7) is 0. The van der Waals surface area contributed by atoms with Gasteiger partial charge >= 0.3 is 0 Å². The van der Waals surface area contributed by atoms with Crippen LogP contribution in [0.5, 0.6) is 28.7 Å². The van der Waals surface area contributed by atoms with Gasteiger partial charge in [0.2, 0.25) is 5.43 Å². The Hall–Kier alpha value is -5.70. The van der Waals surface area contributed by atoms with Gasteiger partial charge in [0.05, 0.1) is 22.1 Å². The third-order valence-electron chi connectivity index (χ3n) is 6.52. The first-order valence-electron chi connectivity index (χ1n) is 11.6. The lowest BCUT2D eigenvalue weighted by Gasteiger charge is -2.13. The molecule has 0 radical (unpaired) electrons. The molecule has 0 spiro atoms. The van der Waals surface area contributed by atoms with Crippen LogP contribution < -0.4 is 10.9 Å². The Balaban J connectivity index is 1.58. The molecule has 0 saturated carbocycles. The Bertz CT molecular complexity index is 2050. The summed E-state index contributed by atoms with van der Waals surface area (Å²) in [6.07, 6.45) is 2.38. The minimum atomic E-state index is -0.602. The topological polar surface area (TPSA) is 162 Å². The van der Waals surface area contributed by atoms with Crippen LogP contribution in [0.1, 0.15) is 0 Å². The molecule has 0 bridgehead atoms. The van der Waals surface area contributed by atoms with E-state index in [1.54, 1.807) is 0 Å². The van der Waals surface area contributed by atoms with Crippen molar-refractivity contribution in [2.75, 3.05) is 0 Å². The van der Waals surface area contributed by atoms with Crippen LogP contribution in [0, 0.1) is 0 Å². The summed E-state index contributed by atoms with van der Waals surface area (Å²) in [7, 11) is 0. The molecule has 9 heteroatoms. The van der Waals surface area contributed by atoms with Crippen LogP contribution in [0.2, 0.25) is 0 Å². The number of benzene rings is 4. The summed E-state index contributed by atoms with van der Waals surface area (Å²) in [6, 6.07) is 15.1. The first-order valence-corrected chi connectivity index (χ1v) is 11.6. The summed E-state index contributed by atoms with van der Waals surface area (Å²) in [5.74, 6) is -1.35. The van der Waals surface area contributed by atoms with Gasteiger partial charge in [-0.2, -0.15) is 0 Å². The summed E-state index contributed by atoms with van der Waals surface area (Å²) >= 11 is 0. The largest absolute Gasteiger partial charge is 0.508 e. The van der Waals surface area contributed by atoms with Gasteiger partial charge in [0.25, 0.3) is 0 Å². The fraction of sp³-hybridized carbons (Fsp3) is 0. The molecule has 0 unspecified atom stereocenters. The second kappa shape index (κ2) is 8.70. The zero-order valence-corrected chi connectivity index (χ0v) is 19.9. The molecule has 0 saturated heterocycles. The van der Waals surface area contributed by atoms with Crippen LogP contribution in [-0.4, -0.2) is 25.5 Å². The summed E-state index contributed by atoms with van der Waals surface area (Å²) < 4.78 is 11.3. The average Bonchev–Trinajstić information content (AvgIpc) is 2.90. The highest BCUT2D eigenvalue weighted by Gasteiger charge is 2.23. The molecule has 0 amide bonds. The van der Waals surface area contributed by atoms with Crippen molar-refractivity contribution in [3.05, 3.63) is 99.7 Å². The fourth-order valence-corrected chi connectivity index (χ4v) is 4.60. The molecule has 0 fully saturated rings. The second-order valence-corrected chi connectivity index (χ2v) is 8.91. The van der Waals surface area contributed by atoms with E-state index in [1.807, 2.05) is 0 Å². The third kappa shape index (κ3) is 3.80. The van der Waals surface area contributed by atoms with Gasteiger partial charge in [-0.25, -0.2) is 0 Å². The lowest BCUT2D eigenvalue weighted by Crippen LogP contribution is -2.06. The molecule has 0 aliphatic rings. The van der Waals surface area contributed by atoms with E-state index in [0.29, 0.717) is 11.1 Å². The van der Waals surface area contributed by atoms with E-state index in [4.69, 9.17) is 8.83 Å². The van der Waals surface area contributed by atoms with Gasteiger partial charge in [-0.1, -0.05) is 18.2 Å². The molecule has 0 atom stereocenters. The monoisotopic (exact) mass is 522 g/mol. The number of phenolic OH excluding ortho intramolecular Hbond substituents is 5. The molecule has 6 rings (SSSR count).